The quantitative estimate of drug-likeness (QED) is 0.735. The standard InChI is InChI=1S/C21H25FN2O4.ClH/c1-26-18-7-8-20(19(22)13-18)27-12-9-17-14-24(11-10-23-17)21(25)28-15-16-5-3-2-4-6-16;/h2-8,13,17,23H,9-12,14-15H2,1H3;1H/t17-;/m1./s1. The van der Waals surface area contributed by atoms with Gasteiger partial charge in [-0.2, -0.15) is 0 Å². The lowest BCUT2D eigenvalue weighted by Crippen LogP contribution is -2.53. The Hall–Kier alpha value is -2.51. The molecule has 1 amide bonds. The molecule has 1 aliphatic heterocycles. The van der Waals surface area contributed by atoms with E-state index in [9.17, 15) is 9.18 Å². The van der Waals surface area contributed by atoms with Crippen LogP contribution in [-0.2, 0) is 11.3 Å². The molecule has 3 rings (SSSR count). The van der Waals surface area contributed by atoms with Gasteiger partial charge in [0.2, 0.25) is 0 Å². The third-order valence-electron chi connectivity index (χ3n) is 4.58. The van der Waals surface area contributed by atoms with Crippen molar-refractivity contribution in [2.45, 2.75) is 19.1 Å². The van der Waals surface area contributed by atoms with Crippen LogP contribution in [0.4, 0.5) is 9.18 Å². The molecule has 2 aromatic rings. The molecule has 0 saturated carbocycles. The highest BCUT2D eigenvalue weighted by atomic mass is 35.5. The van der Waals surface area contributed by atoms with Crippen molar-refractivity contribution in [1.82, 2.24) is 10.2 Å². The molecule has 1 aliphatic rings. The highest BCUT2D eigenvalue weighted by Gasteiger charge is 2.24. The van der Waals surface area contributed by atoms with Gasteiger partial charge in [-0.05, 0) is 24.1 Å². The third-order valence-corrected chi connectivity index (χ3v) is 4.58. The maximum absolute atomic E-state index is 13.9. The minimum absolute atomic E-state index is 0. The second-order valence-electron chi connectivity index (χ2n) is 6.57. The van der Waals surface area contributed by atoms with Crippen molar-refractivity contribution in [2.24, 2.45) is 0 Å². The van der Waals surface area contributed by atoms with E-state index in [4.69, 9.17) is 14.2 Å². The first-order chi connectivity index (χ1) is 13.7. The number of benzene rings is 2. The van der Waals surface area contributed by atoms with E-state index < -0.39 is 5.82 Å². The Labute approximate surface area is 176 Å². The Morgan fingerprint density at radius 2 is 2.03 bits per heavy atom. The number of piperazine rings is 1. The average Bonchev–Trinajstić information content (AvgIpc) is 2.74. The lowest BCUT2D eigenvalue weighted by atomic mass is 10.1. The third kappa shape index (κ3) is 6.80. The number of halogens is 2. The molecule has 29 heavy (non-hydrogen) atoms. The van der Waals surface area contributed by atoms with Crippen molar-refractivity contribution < 1.29 is 23.4 Å². The molecular weight excluding hydrogens is 399 g/mol. The molecule has 0 spiro atoms. The Morgan fingerprint density at radius 3 is 2.76 bits per heavy atom. The van der Waals surface area contributed by atoms with Gasteiger partial charge in [-0.1, -0.05) is 30.3 Å². The van der Waals surface area contributed by atoms with Gasteiger partial charge in [0.25, 0.3) is 0 Å². The van der Waals surface area contributed by atoms with Crippen molar-refractivity contribution in [3.8, 4) is 11.5 Å². The van der Waals surface area contributed by atoms with E-state index in [1.807, 2.05) is 30.3 Å². The summed E-state index contributed by atoms with van der Waals surface area (Å²) in [6.45, 7) is 2.41. The number of rotatable bonds is 7. The van der Waals surface area contributed by atoms with Crippen molar-refractivity contribution in [3.63, 3.8) is 0 Å². The Morgan fingerprint density at radius 1 is 1.24 bits per heavy atom. The van der Waals surface area contributed by atoms with E-state index >= 15 is 0 Å². The molecule has 0 unspecified atom stereocenters. The Balaban J connectivity index is 0.00000300. The second kappa shape index (κ2) is 11.5. The van der Waals surface area contributed by atoms with Crippen LogP contribution in [0.15, 0.2) is 48.5 Å². The summed E-state index contributed by atoms with van der Waals surface area (Å²) in [6, 6.07) is 14.2. The largest absolute Gasteiger partial charge is 0.497 e. The maximum atomic E-state index is 13.9. The molecule has 158 valence electrons. The van der Waals surface area contributed by atoms with Gasteiger partial charge in [-0.15, -0.1) is 12.4 Å². The monoisotopic (exact) mass is 424 g/mol. The number of ether oxygens (including phenoxy) is 3. The van der Waals surface area contributed by atoms with Gasteiger partial charge in [0.1, 0.15) is 12.4 Å². The van der Waals surface area contributed by atoms with E-state index in [1.165, 1.54) is 13.2 Å². The van der Waals surface area contributed by atoms with Crippen LogP contribution in [0.1, 0.15) is 12.0 Å². The summed E-state index contributed by atoms with van der Waals surface area (Å²) in [6.07, 6.45) is 0.325. The number of carbonyl (C=O) groups excluding carboxylic acids is 1. The molecular formula is C21H26ClFN2O4. The number of methoxy groups -OCH3 is 1. The molecule has 0 aromatic heterocycles. The average molecular weight is 425 g/mol. The van der Waals surface area contributed by atoms with E-state index in [0.29, 0.717) is 38.4 Å². The number of hydrogen-bond acceptors (Lipinski definition) is 5. The first kappa shape index (κ1) is 22.8. The molecule has 1 saturated heterocycles. The van der Waals surface area contributed by atoms with Gasteiger partial charge >= 0.3 is 6.09 Å². The summed E-state index contributed by atoms with van der Waals surface area (Å²) in [4.78, 5) is 14.0. The molecule has 8 heteroatoms. The van der Waals surface area contributed by atoms with Gasteiger partial charge in [-0.3, -0.25) is 0 Å². The zero-order valence-corrected chi connectivity index (χ0v) is 17.1. The topological polar surface area (TPSA) is 60.0 Å². The van der Waals surface area contributed by atoms with Crippen LogP contribution in [-0.4, -0.2) is 50.4 Å². The predicted octanol–water partition coefficient (Wildman–Crippen LogP) is 3.64. The van der Waals surface area contributed by atoms with Gasteiger partial charge in [-0.25, -0.2) is 9.18 Å². The molecule has 2 aromatic carbocycles. The van der Waals surface area contributed by atoms with E-state index in [2.05, 4.69) is 5.32 Å². The molecule has 6 nitrogen and oxygen atoms in total. The fourth-order valence-corrected chi connectivity index (χ4v) is 3.03. The van der Waals surface area contributed by atoms with Gasteiger partial charge in [0, 0.05) is 31.7 Å². The minimum atomic E-state index is -0.456. The minimum Gasteiger partial charge on any atom is -0.497 e. The van der Waals surface area contributed by atoms with E-state index in [1.54, 1.807) is 17.0 Å². The summed E-state index contributed by atoms with van der Waals surface area (Å²) in [7, 11) is 1.49. The number of carbonyl (C=O) groups is 1. The van der Waals surface area contributed by atoms with E-state index in [0.717, 1.165) is 5.56 Å². The zero-order valence-electron chi connectivity index (χ0n) is 16.3. The summed E-state index contributed by atoms with van der Waals surface area (Å²) < 4.78 is 29.8. The lowest BCUT2D eigenvalue weighted by Gasteiger charge is -2.33. The zero-order chi connectivity index (χ0) is 19.8. The van der Waals surface area contributed by atoms with Crippen LogP contribution in [0.5, 0.6) is 11.5 Å². The summed E-state index contributed by atoms with van der Waals surface area (Å²) in [5.74, 6) is 0.182. The summed E-state index contributed by atoms with van der Waals surface area (Å²) in [5.41, 5.74) is 0.956. The number of amides is 1. The molecule has 0 aliphatic carbocycles. The fraction of sp³-hybridized carbons (Fsp3) is 0.381. The van der Waals surface area contributed by atoms with Crippen LogP contribution in [0.2, 0.25) is 0 Å². The van der Waals surface area contributed by atoms with Gasteiger partial charge < -0.3 is 24.4 Å². The number of nitrogens with zero attached hydrogens (tertiary/aromatic N) is 1. The smallest absolute Gasteiger partial charge is 0.410 e. The van der Waals surface area contributed by atoms with Crippen molar-refractivity contribution in [3.05, 3.63) is 59.9 Å². The summed E-state index contributed by atoms with van der Waals surface area (Å²) >= 11 is 0. The van der Waals surface area contributed by atoms with Crippen LogP contribution in [0.3, 0.4) is 0 Å². The van der Waals surface area contributed by atoms with Crippen molar-refractivity contribution in [1.29, 1.82) is 0 Å². The van der Waals surface area contributed by atoms with Crippen LogP contribution >= 0.6 is 12.4 Å². The molecule has 1 atom stereocenters. The van der Waals surface area contributed by atoms with E-state index in [-0.39, 0.29) is 36.9 Å². The predicted molar refractivity (Wildman–Crippen MR) is 110 cm³/mol. The van der Waals surface area contributed by atoms with Gasteiger partial charge in [0.05, 0.1) is 13.7 Å². The number of nitrogens with one attached hydrogen (secondary N) is 1. The summed E-state index contributed by atoms with van der Waals surface area (Å²) in [5, 5.41) is 3.35. The highest BCUT2D eigenvalue weighted by Crippen LogP contribution is 2.22. The fourth-order valence-electron chi connectivity index (χ4n) is 3.03. The molecule has 1 heterocycles. The Kier molecular flexibility index (Phi) is 9.02. The van der Waals surface area contributed by atoms with Crippen LogP contribution in [0, 0.1) is 5.82 Å². The van der Waals surface area contributed by atoms with Crippen LogP contribution < -0.4 is 14.8 Å². The molecule has 0 radical (unpaired) electrons. The number of hydrogen-bond donors (Lipinski definition) is 1. The first-order valence-corrected chi connectivity index (χ1v) is 9.31. The lowest BCUT2D eigenvalue weighted by molar-refractivity contribution is 0.0826. The molecule has 1 fully saturated rings. The molecule has 1 N–H and O–H groups in total. The van der Waals surface area contributed by atoms with Crippen molar-refractivity contribution in [2.75, 3.05) is 33.4 Å². The SMILES string of the molecule is COc1ccc(OCC[C@@H]2CN(C(=O)OCc3ccccc3)CCN2)c(F)c1.Cl. The van der Waals surface area contributed by atoms with Crippen molar-refractivity contribution >= 4 is 18.5 Å². The highest BCUT2D eigenvalue weighted by molar-refractivity contribution is 5.85. The van der Waals surface area contributed by atoms with Gasteiger partial charge in [0.15, 0.2) is 11.6 Å². The normalized spacial score (nSPS) is 15.9. The second-order valence-corrected chi connectivity index (χ2v) is 6.57. The maximum Gasteiger partial charge on any atom is 0.410 e. The molecule has 0 bridgehead atoms. The first-order valence-electron chi connectivity index (χ1n) is 9.31. The Bertz CT molecular complexity index is 779. The van der Waals surface area contributed by atoms with Crippen LogP contribution in [0.25, 0.3) is 0 Å².